The molecule has 0 saturated carbocycles. The fourth-order valence-electron chi connectivity index (χ4n) is 7.04. The van der Waals surface area contributed by atoms with Gasteiger partial charge >= 0.3 is 16.4 Å². The van der Waals surface area contributed by atoms with E-state index >= 15 is 0 Å². The van der Waals surface area contributed by atoms with Crippen molar-refractivity contribution in [1.29, 1.82) is 0 Å². The molecule has 1 aliphatic rings. The van der Waals surface area contributed by atoms with Gasteiger partial charge in [0.15, 0.2) is 6.29 Å². The molecule has 4 N–H and O–H groups in total. The monoisotopic (exact) mass is 861 g/mol. The third kappa shape index (κ3) is 31.8. The number of allylic oxidation sites excluding steroid dienone is 6. The number of carbonyl (C=O) groups is 1. The van der Waals surface area contributed by atoms with E-state index < -0.39 is 59.8 Å². The molecule has 0 radical (unpaired) electrons. The van der Waals surface area contributed by atoms with Crippen LogP contribution < -0.4 is 0 Å². The molecule has 0 aromatic rings. The summed E-state index contributed by atoms with van der Waals surface area (Å²) in [5.74, 6) is -0.426. The van der Waals surface area contributed by atoms with Gasteiger partial charge < -0.3 is 34.3 Å². The lowest BCUT2D eigenvalue weighted by atomic mass is 9.99. The van der Waals surface area contributed by atoms with Crippen molar-refractivity contribution < 1.29 is 56.2 Å². The third-order valence-corrected chi connectivity index (χ3v) is 11.0. The summed E-state index contributed by atoms with van der Waals surface area (Å²) in [6, 6.07) is 0. The molecule has 1 heterocycles. The Balaban J connectivity index is 2.40. The molecular formula is C46H84O12S. The van der Waals surface area contributed by atoms with Gasteiger partial charge in [-0.15, -0.1) is 0 Å². The lowest BCUT2D eigenvalue weighted by Gasteiger charge is -2.41. The van der Waals surface area contributed by atoms with Crippen molar-refractivity contribution in [2.75, 3.05) is 26.4 Å². The molecule has 0 amide bonds. The van der Waals surface area contributed by atoms with E-state index in [1.54, 1.807) is 0 Å². The van der Waals surface area contributed by atoms with Gasteiger partial charge in [-0.05, 0) is 44.9 Å². The fourth-order valence-corrected chi connectivity index (χ4v) is 7.55. The second-order valence-corrected chi connectivity index (χ2v) is 17.0. The highest BCUT2D eigenvalue weighted by Gasteiger charge is 2.48. The highest BCUT2D eigenvalue weighted by atomic mass is 32.3. The van der Waals surface area contributed by atoms with Crippen molar-refractivity contribution in [2.45, 2.75) is 224 Å². The van der Waals surface area contributed by atoms with Gasteiger partial charge in [0.2, 0.25) is 0 Å². The molecule has 59 heavy (non-hydrogen) atoms. The zero-order valence-corrected chi connectivity index (χ0v) is 37.6. The zero-order valence-electron chi connectivity index (χ0n) is 36.8. The first-order valence-corrected chi connectivity index (χ1v) is 24.6. The van der Waals surface area contributed by atoms with E-state index in [1.807, 2.05) is 0 Å². The molecule has 1 saturated heterocycles. The van der Waals surface area contributed by atoms with E-state index in [1.165, 1.54) is 103 Å². The number of aliphatic hydroxyl groups excluding tert-OH is 3. The summed E-state index contributed by atoms with van der Waals surface area (Å²) < 4.78 is 59.0. The summed E-state index contributed by atoms with van der Waals surface area (Å²) in [5, 5.41) is 30.6. The van der Waals surface area contributed by atoms with E-state index in [-0.39, 0.29) is 19.6 Å². The topological polar surface area (TPSA) is 178 Å². The van der Waals surface area contributed by atoms with Crippen LogP contribution >= 0.6 is 0 Å². The quantitative estimate of drug-likeness (QED) is 0.0199. The molecule has 1 aliphatic heterocycles. The van der Waals surface area contributed by atoms with Gasteiger partial charge in [-0.1, -0.05) is 172 Å². The second kappa shape index (κ2) is 38.0. The molecule has 0 spiro atoms. The molecule has 0 bridgehead atoms. The van der Waals surface area contributed by atoms with E-state index in [4.69, 9.17) is 23.5 Å². The molecule has 12 nitrogen and oxygen atoms in total. The first-order chi connectivity index (χ1) is 28.6. The minimum Gasteiger partial charge on any atom is -0.457 e. The summed E-state index contributed by atoms with van der Waals surface area (Å²) in [6.07, 6.45) is 34.7. The molecule has 1 fully saturated rings. The van der Waals surface area contributed by atoms with Gasteiger partial charge in [0.1, 0.15) is 30.5 Å². The van der Waals surface area contributed by atoms with Crippen molar-refractivity contribution in [3.05, 3.63) is 36.5 Å². The SMILES string of the molecule is CC/C=C\C/C=C\C/C=C\CCCCCC(=O)OC(COCCCCCCCCCCCCCCCCCCCCC)COC1OC(CO)C(O)C(OS(=O)(=O)O)C1O. The Hall–Kier alpha value is -1.68. The normalized spacial score (nSPS) is 20.7. The van der Waals surface area contributed by atoms with E-state index in [0.717, 1.165) is 57.8 Å². The maximum absolute atomic E-state index is 12.8. The average molecular weight is 861 g/mol. The maximum atomic E-state index is 12.8. The molecular weight excluding hydrogens is 777 g/mol. The zero-order chi connectivity index (χ0) is 43.2. The number of unbranched alkanes of at least 4 members (excludes halogenated alkanes) is 21. The number of aliphatic hydroxyl groups is 3. The number of rotatable bonds is 40. The Bertz CT molecular complexity index is 1180. The Kier molecular flexibility index (Phi) is 35.7. The van der Waals surface area contributed by atoms with Crippen molar-refractivity contribution >= 4 is 16.4 Å². The van der Waals surface area contributed by atoms with Crippen LogP contribution in [0.4, 0.5) is 0 Å². The molecule has 1 rings (SSSR count). The molecule has 346 valence electrons. The second-order valence-electron chi connectivity index (χ2n) is 16.0. The maximum Gasteiger partial charge on any atom is 0.397 e. The lowest BCUT2D eigenvalue weighted by Crippen LogP contribution is -2.60. The molecule has 6 unspecified atom stereocenters. The summed E-state index contributed by atoms with van der Waals surface area (Å²) in [7, 11) is -5.06. The van der Waals surface area contributed by atoms with Gasteiger partial charge in [-0.25, -0.2) is 4.18 Å². The van der Waals surface area contributed by atoms with E-state index in [2.05, 4.69) is 54.5 Å². The summed E-state index contributed by atoms with van der Waals surface area (Å²) in [6.45, 7) is 3.85. The van der Waals surface area contributed by atoms with Crippen LogP contribution in [0.1, 0.15) is 187 Å². The first kappa shape index (κ1) is 55.3. The van der Waals surface area contributed by atoms with Crippen LogP contribution in [0.15, 0.2) is 36.5 Å². The minimum absolute atomic E-state index is 0.0265. The Morgan fingerprint density at radius 3 is 1.69 bits per heavy atom. The van der Waals surface area contributed by atoms with Gasteiger partial charge in [0.05, 0.1) is 19.8 Å². The molecule has 0 aromatic heterocycles. The van der Waals surface area contributed by atoms with Crippen molar-refractivity contribution in [2.24, 2.45) is 0 Å². The van der Waals surface area contributed by atoms with Crippen LogP contribution in [-0.2, 0) is 38.3 Å². The number of ether oxygens (including phenoxy) is 4. The summed E-state index contributed by atoms with van der Waals surface area (Å²) in [5.41, 5.74) is 0. The van der Waals surface area contributed by atoms with E-state index in [0.29, 0.717) is 13.0 Å². The van der Waals surface area contributed by atoms with Gasteiger partial charge in [-0.2, -0.15) is 8.42 Å². The van der Waals surface area contributed by atoms with Crippen molar-refractivity contribution in [3.8, 4) is 0 Å². The highest BCUT2D eigenvalue weighted by Crippen LogP contribution is 2.26. The van der Waals surface area contributed by atoms with Gasteiger partial charge in [0, 0.05) is 13.0 Å². The number of esters is 1. The molecule has 0 aliphatic carbocycles. The van der Waals surface area contributed by atoms with Crippen molar-refractivity contribution in [1.82, 2.24) is 0 Å². The van der Waals surface area contributed by atoms with Crippen LogP contribution in [-0.4, -0.2) is 97.5 Å². The minimum atomic E-state index is -5.06. The fraction of sp³-hybridized carbons (Fsp3) is 0.848. The van der Waals surface area contributed by atoms with Crippen LogP contribution in [0.3, 0.4) is 0 Å². The third-order valence-electron chi connectivity index (χ3n) is 10.5. The molecule has 0 aromatic carbocycles. The van der Waals surface area contributed by atoms with Crippen LogP contribution in [0, 0.1) is 0 Å². The lowest BCUT2D eigenvalue weighted by molar-refractivity contribution is -0.301. The number of hydrogen-bond acceptors (Lipinski definition) is 11. The average Bonchev–Trinajstić information content (AvgIpc) is 3.20. The van der Waals surface area contributed by atoms with Crippen LogP contribution in [0.25, 0.3) is 0 Å². The van der Waals surface area contributed by atoms with Gasteiger partial charge in [-0.3, -0.25) is 9.35 Å². The first-order valence-electron chi connectivity index (χ1n) is 23.2. The Morgan fingerprint density at radius 2 is 1.17 bits per heavy atom. The predicted octanol–water partition coefficient (Wildman–Crippen LogP) is 9.80. The predicted molar refractivity (Wildman–Crippen MR) is 234 cm³/mol. The smallest absolute Gasteiger partial charge is 0.397 e. The Labute approximate surface area is 358 Å². The number of carbonyl (C=O) groups excluding carboxylic acids is 1. The summed E-state index contributed by atoms with van der Waals surface area (Å²) in [4.78, 5) is 12.8. The summed E-state index contributed by atoms with van der Waals surface area (Å²) >= 11 is 0. The standard InChI is InChI=1S/C46H84O12S/c1-3-5-7-9-11-13-15-17-18-19-20-21-22-24-26-28-30-32-34-36-54-38-40(39-55-46-44(50)45(58-59(51,52)53)43(49)41(37-47)57-46)56-42(48)35-33-31-29-27-25-23-16-14-12-10-8-6-4-2/h6,8,12,14,23,25,40-41,43-47,49-50H,3-5,7,9-11,13,15-22,24,26-39H2,1-2H3,(H,51,52,53)/b8-6-,14-12-,25-23-. The highest BCUT2D eigenvalue weighted by molar-refractivity contribution is 7.80. The molecule has 6 atom stereocenters. The largest absolute Gasteiger partial charge is 0.457 e. The van der Waals surface area contributed by atoms with Crippen molar-refractivity contribution in [3.63, 3.8) is 0 Å². The van der Waals surface area contributed by atoms with Gasteiger partial charge in [0.25, 0.3) is 0 Å². The van der Waals surface area contributed by atoms with E-state index in [9.17, 15) is 28.5 Å². The van der Waals surface area contributed by atoms with Crippen LogP contribution in [0.5, 0.6) is 0 Å². The Morgan fingerprint density at radius 1 is 0.661 bits per heavy atom. The number of hydrogen-bond donors (Lipinski definition) is 4. The molecule has 13 heteroatoms. The van der Waals surface area contributed by atoms with Crippen LogP contribution in [0.2, 0.25) is 0 Å².